The summed E-state index contributed by atoms with van der Waals surface area (Å²) in [6, 6.07) is 5.63. The minimum atomic E-state index is 0.305. The molecule has 0 atom stereocenters. The Morgan fingerprint density at radius 1 is 1.41 bits per heavy atom. The van der Waals surface area contributed by atoms with Crippen molar-refractivity contribution in [2.75, 3.05) is 37.6 Å². The molecule has 0 aromatic carbocycles. The molecule has 6 nitrogen and oxygen atoms in total. The van der Waals surface area contributed by atoms with E-state index in [4.69, 9.17) is 8.83 Å². The first kappa shape index (κ1) is 14.4. The molecular formula is C16H18N4O2. The molecule has 0 amide bonds. The minimum absolute atomic E-state index is 0.305. The lowest BCUT2D eigenvalue weighted by Crippen LogP contribution is -2.46. The van der Waals surface area contributed by atoms with Crippen LogP contribution in [-0.4, -0.2) is 42.6 Å². The van der Waals surface area contributed by atoms with Crippen molar-refractivity contribution in [3.63, 3.8) is 0 Å². The molecule has 2 aromatic heterocycles. The summed E-state index contributed by atoms with van der Waals surface area (Å²) >= 11 is 0. The van der Waals surface area contributed by atoms with E-state index in [0.717, 1.165) is 38.3 Å². The molecule has 3 rings (SSSR count). The number of furan rings is 1. The summed E-state index contributed by atoms with van der Waals surface area (Å²) in [5.74, 6) is 1.41. The van der Waals surface area contributed by atoms with Crippen LogP contribution in [0.5, 0.6) is 0 Å². The fourth-order valence-electron chi connectivity index (χ4n) is 2.60. The van der Waals surface area contributed by atoms with Crippen molar-refractivity contribution < 1.29 is 8.83 Å². The van der Waals surface area contributed by atoms with Gasteiger partial charge in [-0.2, -0.15) is 10.2 Å². The topological polar surface area (TPSA) is 69.4 Å². The predicted octanol–water partition coefficient (Wildman–Crippen LogP) is 2.50. The lowest BCUT2D eigenvalue weighted by atomic mass is 10.2. The molecule has 0 saturated carbocycles. The van der Waals surface area contributed by atoms with E-state index in [1.165, 1.54) is 0 Å². The summed E-state index contributed by atoms with van der Waals surface area (Å²) in [5, 5.41) is 9.28. The molecule has 0 bridgehead atoms. The van der Waals surface area contributed by atoms with E-state index >= 15 is 0 Å². The van der Waals surface area contributed by atoms with Crippen LogP contribution >= 0.6 is 0 Å². The average molecular weight is 298 g/mol. The van der Waals surface area contributed by atoms with Crippen LogP contribution in [0.15, 0.2) is 39.4 Å². The smallest absolute Gasteiger partial charge is 0.266 e. The third-order valence-corrected chi connectivity index (χ3v) is 3.60. The van der Waals surface area contributed by atoms with Crippen LogP contribution in [0.4, 0.5) is 5.88 Å². The Kier molecular flexibility index (Phi) is 3.98. The van der Waals surface area contributed by atoms with Crippen LogP contribution in [0.3, 0.4) is 0 Å². The Bertz CT molecular complexity index is 688. The van der Waals surface area contributed by atoms with Gasteiger partial charge in [-0.05, 0) is 19.1 Å². The molecule has 0 N–H and O–H groups in total. The summed E-state index contributed by atoms with van der Waals surface area (Å²) in [6.45, 7) is 10.3. The molecule has 1 aliphatic heterocycles. The van der Waals surface area contributed by atoms with Crippen molar-refractivity contribution in [1.82, 2.24) is 9.88 Å². The SMILES string of the molecule is C=C(C)CN1CCN(c2oc(-c3ccco3)nc2C#N)CC1. The van der Waals surface area contributed by atoms with Crippen molar-refractivity contribution in [1.29, 1.82) is 5.26 Å². The van der Waals surface area contributed by atoms with Crippen LogP contribution < -0.4 is 4.90 Å². The third kappa shape index (κ3) is 2.90. The van der Waals surface area contributed by atoms with Gasteiger partial charge in [0.15, 0.2) is 5.76 Å². The number of oxazole rings is 1. The van der Waals surface area contributed by atoms with E-state index in [1.54, 1.807) is 18.4 Å². The summed E-state index contributed by atoms with van der Waals surface area (Å²) < 4.78 is 11.0. The van der Waals surface area contributed by atoms with Gasteiger partial charge in [-0.3, -0.25) is 4.90 Å². The van der Waals surface area contributed by atoms with Crippen molar-refractivity contribution >= 4 is 5.88 Å². The van der Waals surface area contributed by atoms with Crippen molar-refractivity contribution in [2.45, 2.75) is 6.92 Å². The van der Waals surface area contributed by atoms with Gasteiger partial charge >= 0.3 is 0 Å². The standard InChI is InChI=1S/C16H18N4O2/c1-12(2)11-19-5-7-20(8-6-19)16-13(10-17)18-15(22-16)14-4-3-9-21-14/h3-4,9H,1,5-8,11H2,2H3. The Morgan fingerprint density at radius 2 is 2.18 bits per heavy atom. The van der Waals surface area contributed by atoms with E-state index in [1.807, 2.05) is 6.92 Å². The molecule has 0 aliphatic carbocycles. The molecule has 0 unspecified atom stereocenters. The van der Waals surface area contributed by atoms with E-state index < -0.39 is 0 Å². The molecule has 22 heavy (non-hydrogen) atoms. The van der Waals surface area contributed by atoms with E-state index in [0.29, 0.717) is 23.2 Å². The largest absolute Gasteiger partial charge is 0.459 e. The highest BCUT2D eigenvalue weighted by Gasteiger charge is 2.25. The van der Waals surface area contributed by atoms with Gasteiger partial charge in [-0.1, -0.05) is 12.2 Å². The van der Waals surface area contributed by atoms with E-state index in [9.17, 15) is 5.26 Å². The first-order chi connectivity index (χ1) is 10.7. The maximum absolute atomic E-state index is 9.28. The van der Waals surface area contributed by atoms with Crippen LogP contribution in [-0.2, 0) is 0 Å². The highest BCUT2D eigenvalue weighted by Crippen LogP contribution is 2.29. The van der Waals surface area contributed by atoms with Crippen molar-refractivity contribution in [2.24, 2.45) is 0 Å². The number of rotatable bonds is 4. The Hall–Kier alpha value is -2.52. The summed E-state index contributed by atoms with van der Waals surface area (Å²) in [6.07, 6.45) is 1.56. The summed E-state index contributed by atoms with van der Waals surface area (Å²) in [7, 11) is 0. The molecule has 6 heteroatoms. The van der Waals surface area contributed by atoms with Crippen molar-refractivity contribution in [3.05, 3.63) is 36.2 Å². The zero-order valence-electron chi connectivity index (χ0n) is 12.6. The van der Waals surface area contributed by atoms with Gasteiger partial charge < -0.3 is 13.7 Å². The fourth-order valence-corrected chi connectivity index (χ4v) is 2.60. The second-order valence-corrected chi connectivity index (χ2v) is 5.48. The normalized spacial score (nSPS) is 15.7. The zero-order valence-corrected chi connectivity index (χ0v) is 12.6. The second kappa shape index (κ2) is 6.08. The number of nitrogens with zero attached hydrogens (tertiary/aromatic N) is 4. The number of anilines is 1. The lowest BCUT2D eigenvalue weighted by molar-refractivity contribution is 0.273. The number of aromatic nitrogens is 1. The van der Waals surface area contributed by atoms with Gasteiger partial charge in [0.2, 0.25) is 11.6 Å². The molecule has 1 aliphatic rings. The van der Waals surface area contributed by atoms with Crippen LogP contribution in [0, 0.1) is 11.3 Å². The molecule has 3 heterocycles. The van der Waals surface area contributed by atoms with Gasteiger partial charge in [-0.15, -0.1) is 0 Å². The van der Waals surface area contributed by atoms with E-state index in [2.05, 4.69) is 27.4 Å². The molecule has 1 saturated heterocycles. The van der Waals surface area contributed by atoms with Crippen LogP contribution in [0.1, 0.15) is 12.6 Å². The molecule has 1 fully saturated rings. The molecule has 2 aromatic rings. The highest BCUT2D eigenvalue weighted by molar-refractivity contribution is 5.55. The van der Waals surface area contributed by atoms with Gasteiger partial charge in [0, 0.05) is 32.7 Å². The average Bonchev–Trinajstić information content (AvgIpc) is 3.16. The Balaban J connectivity index is 1.76. The quantitative estimate of drug-likeness (QED) is 0.808. The van der Waals surface area contributed by atoms with Crippen molar-refractivity contribution in [3.8, 4) is 17.7 Å². The number of nitriles is 1. The zero-order chi connectivity index (χ0) is 15.5. The third-order valence-electron chi connectivity index (χ3n) is 3.60. The highest BCUT2D eigenvalue weighted by atomic mass is 16.4. The fraction of sp³-hybridized carbons (Fsp3) is 0.375. The maximum Gasteiger partial charge on any atom is 0.266 e. The molecule has 0 spiro atoms. The van der Waals surface area contributed by atoms with Crippen LogP contribution in [0.25, 0.3) is 11.7 Å². The molecule has 114 valence electrons. The number of piperazine rings is 1. The van der Waals surface area contributed by atoms with Gasteiger partial charge in [0.25, 0.3) is 5.89 Å². The molecular weight excluding hydrogens is 280 g/mol. The summed E-state index contributed by atoms with van der Waals surface area (Å²) in [5.41, 5.74) is 1.46. The van der Waals surface area contributed by atoms with Crippen LogP contribution in [0.2, 0.25) is 0 Å². The van der Waals surface area contributed by atoms with Gasteiger partial charge in [0.1, 0.15) is 6.07 Å². The monoisotopic (exact) mass is 298 g/mol. The maximum atomic E-state index is 9.28. The number of hydrogen-bond donors (Lipinski definition) is 0. The number of hydrogen-bond acceptors (Lipinski definition) is 6. The Morgan fingerprint density at radius 3 is 2.77 bits per heavy atom. The minimum Gasteiger partial charge on any atom is -0.459 e. The van der Waals surface area contributed by atoms with E-state index in [-0.39, 0.29) is 0 Å². The first-order valence-electron chi connectivity index (χ1n) is 7.24. The predicted molar refractivity (Wildman–Crippen MR) is 82.4 cm³/mol. The Labute approximate surface area is 129 Å². The molecule has 0 radical (unpaired) electrons. The summed E-state index contributed by atoms with van der Waals surface area (Å²) in [4.78, 5) is 8.63. The first-order valence-corrected chi connectivity index (χ1v) is 7.24. The lowest BCUT2D eigenvalue weighted by Gasteiger charge is -2.34. The van der Waals surface area contributed by atoms with Gasteiger partial charge in [-0.25, -0.2) is 0 Å². The van der Waals surface area contributed by atoms with Gasteiger partial charge in [0.05, 0.1) is 6.26 Å². The second-order valence-electron chi connectivity index (χ2n) is 5.48.